The molecule has 0 aromatic heterocycles. The highest BCUT2D eigenvalue weighted by atomic mass is 16.7. The largest absolute Gasteiger partial charge is 0.419 e. The van der Waals surface area contributed by atoms with Gasteiger partial charge in [0.15, 0.2) is 0 Å². The number of carbonyl (C=O) groups excluding carboxylic acids is 2. The van der Waals surface area contributed by atoms with Crippen LogP contribution >= 0.6 is 0 Å². The van der Waals surface area contributed by atoms with Crippen LogP contribution in [-0.2, 0) is 19.1 Å². The number of hydrogen-bond acceptors (Lipinski definition) is 6. The van der Waals surface area contributed by atoms with Crippen molar-refractivity contribution in [1.29, 1.82) is 0 Å². The van der Waals surface area contributed by atoms with Gasteiger partial charge in [0.25, 0.3) is 11.5 Å². The normalized spacial score (nSPS) is 17.0. The van der Waals surface area contributed by atoms with Gasteiger partial charge in [-0.05, 0) is 24.1 Å². The van der Waals surface area contributed by atoms with Gasteiger partial charge in [0.2, 0.25) is 0 Å². The standard InChI is InChI=1S/C14H13NO6/c1-8-4-5-10(15(18)19)6-9(8)7-11-12(16)20-14(2,3)21-13(11)17/h4-7H,1-3H3. The lowest BCUT2D eigenvalue weighted by molar-refractivity contribution is -0.384. The Morgan fingerprint density at radius 3 is 2.29 bits per heavy atom. The van der Waals surface area contributed by atoms with Crippen LogP contribution in [0.5, 0.6) is 0 Å². The van der Waals surface area contributed by atoms with Crippen molar-refractivity contribution in [3.8, 4) is 0 Å². The molecule has 7 heteroatoms. The number of nitrogens with zero attached hydrogens (tertiary/aromatic N) is 1. The van der Waals surface area contributed by atoms with Crippen LogP contribution in [0.3, 0.4) is 0 Å². The van der Waals surface area contributed by atoms with E-state index in [0.717, 1.165) is 0 Å². The second-order valence-electron chi connectivity index (χ2n) is 5.03. The zero-order valence-corrected chi connectivity index (χ0v) is 11.7. The Morgan fingerprint density at radius 1 is 1.19 bits per heavy atom. The molecule has 21 heavy (non-hydrogen) atoms. The Morgan fingerprint density at radius 2 is 1.76 bits per heavy atom. The number of esters is 2. The van der Waals surface area contributed by atoms with Crippen LogP contribution < -0.4 is 0 Å². The van der Waals surface area contributed by atoms with E-state index in [0.29, 0.717) is 11.1 Å². The molecular formula is C14H13NO6. The number of rotatable bonds is 2. The molecule has 1 aliphatic heterocycles. The number of cyclic esters (lactones) is 2. The summed E-state index contributed by atoms with van der Waals surface area (Å²) in [6, 6.07) is 4.16. The van der Waals surface area contributed by atoms with Gasteiger partial charge in [-0.1, -0.05) is 6.07 Å². The fraction of sp³-hybridized carbons (Fsp3) is 0.286. The average molecular weight is 291 g/mol. The Hall–Kier alpha value is -2.70. The molecule has 0 amide bonds. The summed E-state index contributed by atoms with van der Waals surface area (Å²) in [5.41, 5.74) is 0.634. The van der Waals surface area contributed by atoms with Crippen LogP contribution in [0.4, 0.5) is 5.69 Å². The first-order chi connectivity index (χ1) is 9.69. The summed E-state index contributed by atoms with van der Waals surface area (Å²) in [5.74, 6) is -2.95. The topological polar surface area (TPSA) is 95.7 Å². The number of benzene rings is 1. The van der Waals surface area contributed by atoms with E-state index in [-0.39, 0.29) is 11.3 Å². The van der Waals surface area contributed by atoms with Crippen LogP contribution in [0, 0.1) is 17.0 Å². The van der Waals surface area contributed by atoms with Crippen LogP contribution in [0.2, 0.25) is 0 Å². The number of aryl methyl sites for hydroxylation is 1. The number of carbonyl (C=O) groups is 2. The van der Waals surface area contributed by atoms with Crippen molar-refractivity contribution in [2.75, 3.05) is 0 Å². The van der Waals surface area contributed by atoms with Crippen LogP contribution in [0.15, 0.2) is 23.8 Å². The molecule has 0 radical (unpaired) electrons. The summed E-state index contributed by atoms with van der Waals surface area (Å²) < 4.78 is 9.92. The fourth-order valence-corrected chi connectivity index (χ4v) is 1.83. The lowest BCUT2D eigenvalue weighted by atomic mass is 10.0. The van der Waals surface area contributed by atoms with Crippen molar-refractivity contribution in [1.82, 2.24) is 0 Å². The minimum Gasteiger partial charge on any atom is -0.419 e. The van der Waals surface area contributed by atoms with E-state index in [1.807, 2.05) is 0 Å². The van der Waals surface area contributed by atoms with Gasteiger partial charge in [0.05, 0.1) is 4.92 Å². The molecule has 0 spiro atoms. The highest BCUT2D eigenvalue weighted by molar-refractivity contribution is 6.19. The van der Waals surface area contributed by atoms with E-state index in [1.165, 1.54) is 38.1 Å². The third-order valence-corrected chi connectivity index (χ3v) is 2.89. The average Bonchev–Trinajstić information content (AvgIpc) is 2.34. The number of nitro groups is 1. The van der Waals surface area contributed by atoms with Crippen LogP contribution in [0.25, 0.3) is 6.08 Å². The Labute approximate surface area is 120 Å². The van der Waals surface area contributed by atoms with Crippen molar-refractivity contribution in [2.24, 2.45) is 0 Å². The molecule has 7 nitrogen and oxygen atoms in total. The van der Waals surface area contributed by atoms with Crippen molar-refractivity contribution >= 4 is 23.7 Å². The third kappa shape index (κ3) is 3.07. The lowest BCUT2D eigenvalue weighted by Gasteiger charge is -2.29. The molecule has 1 fully saturated rings. The van der Waals surface area contributed by atoms with Gasteiger partial charge < -0.3 is 9.47 Å². The number of non-ortho nitro benzene ring substituents is 1. The Balaban J connectivity index is 2.44. The molecule has 0 saturated carbocycles. The monoisotopic (exact) mass is 291 g/mol. The van der Waals surface area contributed by atoms with Gasteiger partial charge >= 0.3 is 11.9 Å². The summed E-state index contributed by atoms with van der Waals surface area (Å²) in [4.78, 5) is 33.9. The van der Waals surface area contributed by atoms with E-state index in [4.69, 9.17) is 9.47 Å². The van der Waals surface area contributed by atoms with Gasteiger partial charge in [-0.3, -0.25) is 10.1 Å². The van der Waals surface area contributed by atoms with Crippen molar-refractivity contribution in [3.63, 3.8) is 0 Å². The summed E-state index contributed by atoms with van der Waals surface area (Å²) in [6.45, 7) is 4.59. The van der Waals surface area contributed by atoms with Crippen molar-refractivity contribution in [3.05, 3.63) is 45.0 Å². The summed E-state index contributed by atoms with van der Waals surface area (Å²) in [5, 5.41) is 10.8. The maximum Gasteiger partial charge on any atom is 0.348 e. The highest BCUT2D eigenvalue weighted by Gasteiger charge is 2.38. The number of ether oxygens (including phenoxy) is 2. The zero-order chi connectivity index (χ0) is 15.8. The zero-order valence-electron chi connectivity index (χ0n) is 11.7. The molecule has 1 aromatic carbocycles. The van der Waals surface area contributed by atoms with Crippen molar-refractivity contribution < 1.29 is 24.0 Å². The van der Waals surface area contributed by atoms with Gasteiger partial charge in [-0.2, -0.15) is 0 Å². The predicted molar refractivity (Wildman–Crippen MR) is 72.1 cm³/mol. The minimum atomic E-state index is -1.32. The molecule has 1 aliphatic rings. The third-order valence-electron chi connectivity index (χ3n) is 2.89. The van der Waals surface area contributed by atoms with E-state index >= 15 is 0 Å². The molecule has 0 bridgehead atoms. The van der Waals surface area contributed by atoms with Gasteiger partial charge in [-0.15, -0.1) is 0 Å². The Kier molecular flexibility index (Phi) is 3.51. The molecule has 110 valence electrons. The maximum atomic E-state index is 11.8. The molecule has 1 aromatic rings. The highest BCUT2D eigenvalue weighted by Crippen LogP contribution is 2.26. The van der Waals surface area contributed by atoms with Crippen LogP contribution in [-0.4, -0.2) is 22.6 Å². The SMILES string of the molecule is Cc1ccc([N+](=O)[O-])cc1C=C1C(=O)OC(C)(C)OC1=O. The maximum absolute atomic E-state index is 11.8. The second-order valence-corrected chi connectivity index (χ2v) is 5.03. The van der Waals surface area contributed by atoms with Crippen molar-refractivity contribution in [2.45, 2.75) is 26.6 Å². The predicted octanol–water partition coefficient (Wildman–Crippen LogP) is 2.12. The quantitative estimate of drug-likeness (QED) is 0.272. The lowest BCUT2D eigenvalue weighted by Crippen LogP contribution is -2.41. The number of nitro benzene ring substituents is 1. The molecule has 0 aliphatic carbocycles. The fourth-order valence-electron chi connectivity index (χ4n) is 1.83. The van der Waals surface area contributed by atoms with Crippen LogP contribution in [0.1, 0.15) is 25.0 Å². The molecule has 2 rings (SSSR count). The molecular weight excluding hydrogens is 278 g/mol. The van der Waals surface area contributed by atoms with E-state index in [2.05, 4.69) is 0 Å². The second kappa shape index (κ2) is 5.01. The van der Waals surface area contributed by atoms with E-state index in [1.54, 1.807) is 6.92 Å². The van der Waals surface area contributed by atoms with Gasteiger partial charge in [-0.25, -0.2) is 9.59 Å². The first-order valence-corrected chi connectivity index (χ1v) is 6.13. The molecule has 1 heterocycles. The van der Waals surface area contributed by atoms with Gasteiger partial charge in [0, 0.05) is 26.0 Å². The first kappa shape index (κ1) is 14.7. The summed E-state index contributed by atoms with van der Waals surface area (Å²) >= 11 is 0. The van der Waals surface area contributed by atoms with E-state index in [9.17, 15) is 19.7 Å². The first-order valence-electron chi connectivity index (χ1n) is 6.13. The molecule has 0 atom stereocenters. The van der Waals surface area contributed by atoms with E-state index < -0.39 is 22.6 Å². The summed E-state index contributed by atoms with van der Waals surface area (Å²) in [7, 11) is 0. The summed E-state index contributed by atoms with van der Waals surface area (Å²) in [6.07, 6.45) is 1.24. The number of hydrogen-bond donors (Lipinski definition) is 0. The molecule has 0 unspecified atom stereocenters. The van der Waals surface area contributed by atoms with Gasteiger partial charge in [0.1, 0.15) is 5.57 Å². The molecule has 1 saturated heterocycles. The Bertz CT molecular complexity index is 652. The molecule has 0 N–H and O–H groups in total. The minimum absolute atomic E-state index is 0.134. The smallest absolute Gasteiger partial charge is 0.348 e.